The van der Waals surface area contributed by atoms with Crippen molar-refractivity contribution >= 4 is 5.84 Å². The maximum Gasteiger partial charge on any atom is 0.107 e. The highest BCUT2D eigenvalue weighted by atomic mass is 14.9. The number of allylic oxidation sites excluding steroid dienone is 3. The summed E-state index contributed by atoms with van der Waals surface area (Å²) in [7, 11) is 0. The first-order valence-electron chi connectivity index (χ1n) is 3.93. The highest BCUT2D eigenvalue weighted by Gasteiger charge is 2.23. The number of nitrogens with zero attached hydrogens (tertiary/aromatic N) is 1. The zero-order valence-corrected chi connectivity index (χ0v) is 6.64. The Bertz CT molecular complexity index is 310. The molecule has 0 aromatic carbocycles. The van der Waals surface area contributed by atoms with Gasteiger partial charge in [-0.25, -0.2) is 4.99 Å². The maximum absolute atomic E-state index is 5.71. The van der Waals surface area contributed by atoms with Gasteiger partial charge in [0.15, 0.2) is 0 Å². The molecule has 62 valence electrons. The summed E-state index contributed by atoms with van der Waals surface area (Å²) in [6.07, 6.45) is 9.63. The van der Waals surface area contributed by atoms with Gasteiger partial charge in [-0.15, -0.1) is 0 Å². The first-order chi connectivity index (χ1) is 5.77. The van der Waals surface area contributed by atoms with Gasteiger partial charge in [-0.05, 0) is 6.08 Å². The SMILES string of the molecule is NC1=CC2C=CN=C(N)C2C=C1. The molecule has 0 aromatic rings. The summed E-state index contributed by atoms with van der Waals surface area (Å²) in [4.78, 5) is 4.03. The minimum atomic E-state index is 0.210. The molecule has 2 rings (SSSR count). The Labute approximate surface area is 71.2 Å². The first-order valence-corrected chi connectivity index (χ1v) is 3.93. The summed E-state index contributed by atoms with van der Waals surface area (Å²) in [5.74, 6) is 1.18. The maximum atomic E-state index is 5.71. The van der Waals surface area contributed by atoms with Gasteiger partial charge in [0, 0.05) is 23.7 Å². The van der Waals surface area contributed by atoms with E-state index in [-0.39, 0.29) is 5.92 Å². The van der Waals surface area contributed by atoms with Gasteiger partial charge in [-0.3, -0.25) is 0 Å². The smallest absolute Gasteiger partial charge is 0.107 e. The number of aliphatic imine (C=N–C) groups is 1. The molecule has 1 heterocycles. The number of fused-ring (bicyclic) bond motifs is 1. The van der Waals surface area contributed by atoms with Gasteiger partial charge in [-0.2, -0.15) is 0 Å². The van der Waals surface area contributed by atoms with Crippen molar-refractivity contribution in [1.29, 1.82) is 0 Å². The van der Waals surface area contributed by atoms with Gasteiger partial charge in [0.1, 0.15) is 5.84 Å². The van der Waals surface area contributed by atoms with Crippen LogP contribution in [0.15, 0.2) is 41.2 Å². The van der Waals surface area contributed by atoms with Crippen molar-refractivity contribution in [1.82, 2.24) is 0 Å². The Morgan fingerprint density at radius 3 is 2.92 bits per heavy atom. The van der Waals surface area contributed by atoms with E-state index in [1.807, 2.05) is 24.3 Å². The van der Waals surface area contributed by atoms with Crippen LogP contribution in [0.25, 0.3) is 0 Å². The summed E-state index contributed by atoms with van der Waals surface area (Å²) in [5, 5.41) is 0. The fourth-order valence-corrected chi connectivity index (χ4v) is 1.51. The van der Waals surface area contributed by atoms with E-state index in [1.165, 1.54) is 0 Å². The molecule has 2 unspecified atom stereocenters. The molecular weight excluding hydrogens is 150 g/mol. The predicted octanol–water partition coefficient (Wildman–Crippen LogP) is 0.516. The summed E-state index contributed by atoms with van der Waals surface area (Å²) in [5.41, 5.74) is 12.2. The zero-order valence-electron chi connectivity index (χ0n) is 6.64. The topological polar surface area (TPSA) is 64.4 Å². The van der Waals surface area contributed by atoms with E-state index >= 15 is 0 Å². The Balaban J connectivity index is 2.33. The van der Waals surface area contributed by atoms with Crippen LogP contribution >= 0.6 is 0 Å². The average molecular weight is 161 g/mol. The molecule has 12 heavy (non-hydrogen) atoms. The second-order valence-corrected chi connectivity index (χ2v) is 3.02. The molecule has 0 saturated carbocycles. The monoisotopic (exact) mass is 161 g/mol. The Morgan fingerprint density at radius 1 is 1.25 bits per heavy atom. The standard InChI is InChI=1S/C9H11N3/c10-7-1-2-8-6(5-7)3-4-12-9(8)11/h1-6,8H,10H2,(H2,11,12). The quantitative estimate of drug-likeness (QED) is 0.544. The molecule has 4 N–H and O–H groups in total. The van der Waals surface area contributed by atoms with Gasteiger partial charge >= 0.3 is 0 Å². The normalized spacial score (nSPS) is 32.3. The minimum Gasteiger partial charge on any atom is -0.399 e. The lowest BCUT2D eigenvalue weighted by Gasteiger charge is -2.24. The van der Waals surface area contributed by atoms with Crippen molar-refractivity contribution in [2.45, 2.75) is 0 Å². The molecular formula is C9H11N3. The van der Waals surface area contributed by atoms with Crippen molar-refractivity contribution in [3.05, 3.63) is 36.2 Å². The van der Waals surface area contributed by atoms with Crippen molar-refractivity contribution in [3.8, 4) is 0 Å². The molecule has 0 radical (unpaired) electrons. The van der Waals surface area contributed by atoms with Crippen molar-refractivity contribution in [3.63, 3.8) is 0 Å². The molecule has 0 aromatic heterocycles. The average Bonchev–Trinajstić information content (AvgIpc) is 2.04. The van der Waals surface area contributed by atoms with Crippen LogP contribution in [-0.4, -0.2) is 5.84 Å². The van der Waals surface area contributed by atoms with Crippen LogP contribution in [-0.2, 0) is 0 Å². The van der Waals surface area contributed by atoms with Crippen LogP contribution < -0.4 is 11.5 Å². The number of hydrogen-bond acceptors (Lipinski definition) is 3. The Hall–Kier alpha value is -1.51. The predicted molar refractivity (Wildman–Crippen MR) is 49.2 cm³/mol. The number of amidine groups is 1. The van der Waals surface area contributed by atoms with Crippen LogP contribution in [0.1, 0.15) is 0 Å². The first kappa shape index (κ1) is 7.16. The molecule has 3 nitrogen and oxygen atoms in total. The third-order valence-corrected chi connectivity index (χ3v) is 2.17. The van der Waals surface area contributed by atoms with E-state index < -0.39 is 0 Å². The largest absolute Gasteiger partial charge is 0.399 e. The van der Waals surface area contributed by atoms with Gasteiger partial charge in [0.05, 0.1) is 0 Å². The fraction of sp³-hybridized carbons (Fsp3) is 0.222. The van der Waals surface area contributed by atoms with Crippen molar-refractivity contribution < 1.29 is 0 Å². The summed E-state index contributed by atoms with van der Waals surface area (Å²) >= 11 is 0. The van der Waals surface area contributed by atoms with Gasteiger partial charge < -0.3 is 11.5 Å². The molecule has 0 amide bonds. The summed E-state index contributed by atoms with van der Waals surface area (Å²) in [6, 6.07) is 0. The highest BCUT2D eigenvalue weighted by Crippen LogP contribution is 2.25. The molecule has 1 aliphatic carbocycles. The zero-order chi connectivity index (χ0) is 8.55. The van der Waals surface area contributed by atoms with E-state index in [0.29, 0.717) is 11.8 Å². The van der Waals surface area contributed by atoms with Crippen molar-refractivity contribution in [2.75, 3.05) is 0 Å². The molecule has 2 aliphatic rings. The molecule has 1 aliphatic heterocycles. The summed E-state index contributed by atoms with van der Waals surface area (Å²) in [6.45, 7) is 0. The Morgan fingerprint density at radius 2 is 2.08 bits per heavy atom. The number of nitrogens with two attached hydrogens (primary N) is 2. The minimum absolute atomic E-state index is 0.210. The van der Waals surface area contributed by atoms with Crippen LogP contribution in [0.2, 0.25) is 0 Å². The van der Waals surface area contributed by atoms with Crippen LogP contribution in [0.3, 0.4) is 0 Å². The van der Waals surface area contributed by atoms with E-state index in [4.69, 9.17) is 11.5 Å². The lowest BCUT2D eigenvalue weighted by Crippen LogP contribution is -2.30. The Kier molecular flexibility index (Phi) is 1.50. The highest BCUT2D eigenvalue weighted by molar-refractivity contribution is 5.87. The lowest BCUT2D eigenvalue weighted by molar-refractivity contribution is 0.678. The van der Waals surface area contributed by atoms with Crippen LogP contribution in [0.4, 0.5) is 0 Å². The molecule has 0 bridgehead atoms. The van der Waals surface area contributed by atoms with E-state index in [1.54, 1.807) is 6.20 Å². The molecule has 2 atom stereocenters. The number of hydrogen-bond donors (Lipinski definition) is 2. The van der Waals surface area contributed by atoms with E-state index in [9.17, 15) is 0 Å². The van der Waals surface area contributed by atoms with Crippen LogP contribution in [0, 0.1) is 11.8 Å². The van der Waals surface area contributed by atoms with Gasteiger partial charge in [0.25, 0.3) is 0 Å². The molecule has 0 spiro atoms. The second-order valence-electron chi connectivity index (χ2n) is 3.02. The fourth-order valence-electron chi connectivity index (χ4n) is 1.51. The van der Waals surface area contributed by atoms with E-state index in [0.717, 1.165) is 5.70 Å². The van der Waals surface area contributed by atoms with Crippen LogP contribution in [0.5, 0.6) is 0 Å². The van der Waals surface area contributed by atoms with Crippen molar-refractivity contribution in [2.24, 2.45) is 28.3 Å². The van der Waals surface area contributed by atoms with E-state index in [2.05, 4.69) is 4.99 Å². The van der Waals surface area contributed by atoms with Gasteiger partial charge in [-0.1, -0.05) is 18.2 Å². The third kappa shape index (κ3) is 1.03. The second kappa shape index (κ2) is 2.52. The van der Waals surface area contributed by atoms with Gasteiger partial charge in [0.2, 0.25) is 0 Å². The molecule has 0 saturated heterocycles. The summed E-state index contributed by atoms with van der Waals surface area (Å²) < 4.78 is 0. The molecule has 0 fully saturated rings. The lowest BCUT2D eigenvalue weighted by atomic mass is 9.85. The number of rotatable bonds is 0. The molecule has 3 heteroatoms. The third-order valence-electron chi connectivity index (χ3n) is 2.17.